The molecule has 0 aromatic heterocycles. The van der Waals surface area contributed by atoms with Crippen LogP contribution in [0, 0.1) is 0 Å². The number of thioether (sulfide) groups is 1. The molecule has 2 saturated heterocycles. The number of ether oxygens (including phenoxy) is 1. The summed E-state index contributed by atoms with van der Waals surface area (Å²) in [6.07, 6.45) is 2.80. The Bertz CT molecular complexity index is 1040. The zero-order chi connectivity index (χ0) is 26.8. The minimum atomic E-state index is -2.73. The fourth-order valence-electron chi connectivity index (χ4n) is 5.84. The van der Waals surface area contributed by atoms with Gasteiger partial charge in [-0.15, -0.1) is 0 Å². The van der Waals surface area contributed by atoms with Gasteiger partial charge in [-0.1, -0.05) is 93.2 Å². The molecule has 1 amide bonds. The minimum Gasteiger partial charge on any atom is -0.444 e. The molecule has 7 heteroatoms. The van der Waals surface area contributed by atoms with Gasteiger partial charge in [-0.2, -0.15) is 0 Å². The molecule has 2 aromatic carbocycles. The summed E-state index contributed by atoms with van der Waals surface area (Å²) in [5.74, 6) is 0. The summed E-state index contributed by atoms with van der Waals surface area (Å²) in [4.78, 5) is 27.6. The summed E-state index contributed by atoms with van der Waals surface area (Å²) in [6, 6.07) is 21.1. The number of benzene rings is 2. The zero-order valence-corrected chi connectivity index (χ0v) is 24.8. The van der Waals surface area contributed by atoms with Crippen LogP contribution in [0.25, 0.3) is 0 Å². The van der Waals surface area contributed by atoms with Gasteiger partial charge in [-0.3, -0.25) is 9.69 Å². The lowest BCUT2D eigenvalue weighted by molar-refractivity contribution is -0.110. The normalized spacial score (nSPS) is 22.9. The van der Waals surface area contributed by atoms with E-state index in [2.05, 4.69) is 69.3 Å². The van der Waals surface area contributed by atoms with Gasteiger partial charge < -0.3 is 9.16 Å². The van der Waals surface area contributed by atoms with Crippen LogP contribution in [-0.4, -0.2) is 54.0 Å². The van der Waals surface area contributed by atoms with Crippen LogP contribution in [0.5, 0.6) is 0 Å². The van der Waals surface area contributed by atoms with Crippen molar-refractivity contribution in [2.45, 2.75) is 95.2 Å². The van der Waals surface area contributed by atoms with Crippen molar-refractivity contribution in [1.29, 1.82) is 0 Å². The van der Waals surface area contributed by atoms with Gasteiger partial charge in [-0.25, -0.2) is 4.79 Å². The SMILES string of the molecule is CC(C)(C)OC(=O)N1[C@@H](CO[Si](c2ccccc2)(c2ccccc2)C(C)(C)C)CC[C@@H]1[C@H]1CCC(=O)S1. The van der Waals surface area contributed by atoms with Crippen LogP contribution in [0.3, 0.4) is 0 Å². The maximum absolute atomic E-state index is 13.5. The summed E-state index contributed by atoms with van der Waals surface area (Å²) in [5.41, 5.74) is -0.591. The zero-order valence-electron chi connectivity index (χ0n) is 23.0. The maximum Gasteiger partial charge on any atom is 0.410 e. The molecule has 200 valence electrons. The average Bonchev–Trinajstić information content (AvgIpc) is 3.45. The molecule has 0 N–H and O–H groups in total. The van der Waals surface area contributed by atoms with E-state index in [0.29, 0.717) is 13.0 Å². The van der Waals surface area contributed by atoms with Crippen molar-refractivity contribution in [3.8, 4) is 0 Å². The summed E-state index contributed by atoms with van der Waals surface area (Å²) in [5, 5.41) is 2.66. The highest BCUT2D eigenvalue weighted by molar-refractivity contribution is 8.14. The van der Waals surface area contributed by atoms with Crippen LogP contribution in [0.1, 0.15) is 67.2 Å². The van der Waals surface area contributed by atoms with Crippen LogP contribution in [0.4, 0.5) is 4.79 Å². The predicted molar refractivity (Wildman–Crippen MR) is 154 cm³/mol. The Hall–Kier alpha value is -2.09. The first-order valence-corrected chi connectivity index (χ1v) is 16.2. The largest absolute Gasteiger partial charge is 0.444 e. The van der Waals surface area contributed by atoms with Gasteiger partial charge in [0, 0.05) is 17.7 Å². The topological polar surface area (TPSA) is 55.8 Å². The summed E-state index contributed by atoms with van der Waals surface area (Å²) in [6.45, 7) is 12.9. The molecular weight excluding hydrogens is 498 g/mol. The van der Waals surface area contributed by atoms with Crippen LogP contribution in [0.2, 0.25) is 5.04 Å². The minimum absolute atomic E-state index is 0.0148. The fourth-order valence-corrected chi connectivity index (χ4v) is 11.7. The Morgan fingerprint density at radius 3 is 1.95 bits per heavy atom. The average molecular weight is 540 g/mol. The van der Waals surface area contributed by atoms with E-state index in [1.807, 2.05) is 37.8 Å². The van der Waals surface area contributed by atoms with Gasteiger partial charge >= 0.3 is 6.09 Å². The van der Waals surface area contributed by atoms with Crippen LogP contribution >= 0.6 is 11.8 Å². The lowest BCUT2D eigenvalue weighted by Crippen LogP contribution is -2.67. The highest BCUT2D eigenvalue weighted by Crippen LogP contribution is 2.41. The van der Waals surface area contributed by atoms with Gasteiger partial charge in [-0.05, 0) is 55.4 Å². The van der Waals surface area contributed by atoms with E-state index in [0.717, 1.165) is 19.3 Å². The van der Waals surface area contributed by atoms with Gasteiger partial charge in [0.1, 0.15) is 5.60 Å². The molecule has 0 unspecified atom stereocenters. The number of likely N-dealkylation sites (tertiary alicyclic amines) is 1. The standard InChI is InChI=1S/C30H41NO4SSi/c1-29(2,3)35-28(33)31-22(17-18-25(31)26-19-20-27(32)36-26)21-34-37(30(4,5)6,23-13-9-7-10-14-23)24-15-11-8-12-16-24/h7-16,22,25-26H,17-21H2,1-6H3/t22-,25-,26-/m1/s1. The molecule has 5 nitrogen and oxygen atoms in total. The Labute approximate surface area is 227 Å². The summed E-state index contributed by atoms with van der Waals surface area (Å²) < 4.78 is 13.1. The molecular formula is C30H41NO4SSi. The molecule has 0 spiro atoms. The van der Waals surface area contributed by atoms with Gasteiger partial charge in [0.15, 0.2) is 5.12 Å². The molecule has 0 aliphatic carbocycles. The van der Waals surface area contributed by atoms with Crippen LogP contribution < -0.4 is 10.4 Å². The number of hydrogen-bond acceptors (Lipinski definition) is 5. The summed E-state index contributed by atoms with van der Waals surface area (Å²) >= 11 is 1.41. The fraction of sp³-hybridized carbons (Fsp3) is 0.533. The Kier molecular flexibility index (Phi) is 8.27. The molecule has 2 aromatic rings. The Balaban J connectivity index is 1.68. The van der Waals surface area contributed by atoms with Crippen molar-refractivity contribution >= 4 is 41.7 Å². The molecule has 2 aliphatic rings. The van der Waals surface area contributed by atoms with E-state index in [1.165, 1.54) is 22.1 Å². The number of hydrogen-bond donors (Lipinski definition) is 0. The number of carbonyl (C=O) groups is 2. The van der Waals surface area contributed by atoms with Crippen molar-refractivity contribution in [2.24, 2.45) is 0 Å². The number of carbonyl (C=O) groups excluding carboxylic acids is 2. The van der Waals surface area contributed by atoms with Gasteiger partial charge in [0.2, 0.25) is 0 Å². The number of rotatable bonds is 6. The highest BCUT2D eigenvalue weighted by atomic mass is 32.2. The first-order valence-electron chi connectivity index (χ1n) is 13.4. The maximum atomic E-state index is 13.5. The molecule has 4 rings (SSSR count). The second-order valence-electron chi connectivity index (χ2n) is 12.2. The van der Waals surface area contributed by atoms with E-state index in [1.54, 1.807) is 0 Å². The molecule has 2 aliphatic heterocycles. The van der Waals surface area contributed by atoms with Crippen LogP contribution in [0.15, 0.2) is 60.7 Å². The molecule has 3 atom stereocenters. The third kappa shape index (κ3) is 5.99. The quantitative estimate of drug-likeness (QED) is 0.437. The van der Waals surface area contributed by atoms with Gasteiger partial charge in [0.05, 0.1) is 12.6 Å². The van der Waals surface area contributed by atoms with E-state index in [9.17, 15) is 9.59 Å². The Morgan fingerprint density at radius 2 is 1.49 bits per heavy atom. The number of nitrogens with zero attached hydrogens (tertiary/aromatic N) is 1. The van der Waals surface area contributed by atoms with Crippen molar-refractivity contribution in [1.82, 2.24) is 4.90 Å². The van der Waals surface area contributed by atoms with E-state index in [-0.39, 0.29) is 33.6 Å². The predicted octanol–water partition coefficient (Wildman–Crippen LogP) is 5.75. The van der Waals surface area contributed by atoms with Crippen molar-refractivity contribution in [3.05, 3.63) is 60.7 Å². The molecule has 0 saturated carbocycles. The third-order valence-electron chi connectivity index (χ3n) is 7.40. The second-order valence-corrected chi connectivity index (χ2v) is 17.8. The second kappa shape index (κ2) is 10.9. The molecule has 2 fully saturated rings. The van der Waals surface area contributed by atoms with Crippen molar-refractivity contribution in [3.63, 3.8) is 0 Å². The van der Waals surface area contributed by atoms with E-state index < -0.39 is 13.9 Å². The van der Waals surface area contributed by atoms with E-state index >= 15 is 0 Å². The van der Waals surface area contributed by atoms with Gasteiger partial charge in [0.25, 0.3) is 8.32 Å². The molecule has 37 heavy (non-hydrogen) atoms. The Morgan fingerprint density at radius 1 is 0.919 bits per heavy atom. The highest BCUT2D eigenvalue weighted by Gasteiger charge is 2.52. The third-order valence-corrected chi connectivity index (χ3v) is 13.7. The summed E-state index contributed by atoms with van der Waals surface area (Å²) in [7, 11) is -2.73. The van der Waals surface area contributed by atoms with Crippen molar-refractivity contribution < 1.29 is 18.8 Å². The van der Waals surface area contributed by atoms with E-state index in [4.69, 9.17) is 9.16 Å². The lowest BCUT2D eigenvalue weighted by atomic mass is 10.1. The smallest absolute Gasteiger partial charge is 0.410 e. The van der Waals surface area contributed by atoms with Crippen molar-refractivity contribution in [2.75, 3.05) is 6.61 Å². The first-order chi connectivity index (χ1) is 17.4. The monoisotopic (exact) mass is 539 g/mol. The molecule has 2 heterocycles. The van der Waals surface area contributed by atoms with Crippen LogP contribution in [-0.2, 0) is 14.0 Å². The number of amides is 1. The molecule has 0 bridgehead atoms. The molecule has 0 radical (unpaired) electrons. The first kappa shape index (κ1) is 27.9. The lowest BCUT2D eigenvalue weighted by Gasteiger charge is -2.44.